The Morgan fingerprint density at radius 2 is 2.54 bits per heavy atom. The van der Waals surface area contributed by atoms with Crippen molar-refractivity contribution in [1.82, 2.24) is 4.90 Å². The van der Waals surface area contributed by atoms with Gasteiger partial charge in [0.2, 0.25) is 0 Å². The zero-order valence-electron chi connectivity index (χ0n) is 7.30. The van der Waals surface area contributed by atoms with E-state index < -0.39 is 5.97 Å². The number of aliphatic carboxylic acids is 1. The summed E-state index contributed by atoms with van der Waals surface area (Å²) in [7, 11) is 1.78. The molecule has 0 aliphatic rings. The second-order valence-electron chi connectivity index (χ2n) is 2.65. The Morgan fingerprint density at radius 3 is 3.08 bits per heavy atom. The summed E-state index contributed by atoms with van der Waals surface area (Å²) in [5.41, 5.74) is 0. The predicted octanol–water partition coefficient (Wildman–Crippen LogP) is 1.31. The molecule has 0 saturated heterocycles. The summed E-state index contributed by atoms with van der Waals surface area (Å²) in [6.07, 6.45) is 4.16. The Morgan fingerprint density at radius 1 is 1.77 bits per heavy atom. The lowest BCUT2D eigenvalue weighted by molar-refractivity contribution is -0.131. The van der Waals surface area contributed by atoms with Crippen LogP contribution in [0.25, 0.3) is 0 Å². The number of furan rings is 1. The van der Waals surface area contributed by atoms with Crippen LogP contribution in [0.3, 0.4) is 0 Å². The SMILES string of the molecule is CN(C=CC(=O)O)Cc1ccco1. The number of carboxylic acids is 1. The van der Waals surface area contributed by atoms with Crippen LogP contribution in [0.2, 0.25) is 0 Å². The lowest BCUT2D eigenvalue weighted by Crippen LogP contribution is -2.09. The zero-order valence-corrected chi connectivity index (χ0v) is 7.30. The van der Waals surface area contributed by atoms with Crippen LogP contribution in [-0.2, 0) is 11.3 Å². The molecule has 1 aromatic rings. The summed E-state index contributed by atoms with van der Waals surface area (Å²) >= 11 is 0. The van der Waals surface area contributed by atoms with E-state index in [4.69, 9.17) is 9.52 Å². The molecule has 0 atom stereocenters. The normalized spacial score (nSPS) is 10.5. The molecule has 1 aromatic heterocycles. The molecular weight excluding hydrogens is 170 g/mol. The topological polar surface area (TPSA) is 53.7 Å². The van der Waals surface area contributed by atoms with Crippen molar-refractivity contribution in [1.29, 1.82) is 0 Å². The summed E-state index contributed by atoms with van der Waals surface area (Å²) in [5.74, 6) is -0.149. The van der Waals surface area contributed by atoms with E-state index in [1.54, 1.807) is 24.3 Å². The highest BCUT2D eigenvalue weighted by molar-refractivity contribution is 5.79. The smallest absolute Gasteiger partial charge is 0.329 e. The van der Waals surface area contributed by atoms with Crippen LogP contribution in [0, 0.1) is 0 Å². The minimum absolute atomic E-state index is 0.566. The quantitative estimate of drug-likeness (QED) is 0.711. The lowest BCUT2D eigenvalue weighted by Gasteiger charge is -2.10. The summed E-state index contributed by atoms with van der Waals surface area (Å²) in [4.78, 5) is 11.9. The average molecular weight is 181 g/mol. The first-order chi connectivity index (χ1) is 6.18. The van der Waals surface area contributed by atoms with Gasteiger partial charge in [0.25, 0.3) is 0 Å². The van der Waals surface area contributed by atoms with Gasteiger partial charge in [-0.15, -0.1) is 0 Å². The van der Waals surface area contributed by atoms with Gasteiger partial charge < -0.3 is 14.4 Å². The summed E-state index contributed by atoms with van der Waals surface area (Å²) in [6.45, 7) is 0.566. The second-order valence-corrected chi connectivity index (χ2v) is 2.65. The van der Waals surface area contributed by atoms with Crippen LogP contribution in [-0.4, -0.2) is 23.0 Å². The van der Waals surface area contributed by atoms with Crippen molar-refractivity contribution in [2.24, 2.45) is 0 Å². The van der Waals surface area contributed by atoms with Crippen molar-refractivity contribution in [2.75, 3.05) is 7.05 Å². The standard InChI is InChI=1S/C9H11NO3/c1-10(5-4-9(11)12)7-8-3-2-6-13-8/h2-6H,7H2,1H3,(H,11,12). The molecule has 0 aliphatic carbocycles. The van der Waals surface area contributed by atoms with Crippen LogP contribution in [0.5, 0.6) is 0 Å². The molecule has 0 saturated carbocycles. The Labute approximate surface area is 76.1 Å². The van der Waals surface area contributed by atoms with Gasteiger partial charge in [0.1, 0.15) is 5.76 Å². The first-order valence-electron chi connectivity index (χ1n) is 3.82. The molecule has 0 unspecified atom stereocenters. The van der Waals surface area contributed by atoms with Crippen LogP contribution in [0.4, 0.5) is 0 Å². The minimum atomic E-state index is -0.953. The van der Waals surface area contributed by atoms with E-state index in [0.29, 0.717) is 6.54 Å². The summed E-state index contributed by atoms with van der Waals surface area (Å²) in [5, 5.41) is 8.35. The first kappa shape index (κ1) is 9.38. The van der Waals surface area contributed by atoms with Gasteiger partial charge in [0.15, 0.2) is 0 Å². The van der Waals surface area contributed by atoms with Crippen LogP contribution < -0.4 is 0 Å². The molecule has 0 radical (unpaired) electrons. The average Bonchev–Trinajstić information content (AvgIpc) is 2.53. The molecule has 0 bridgehead atoms. The summed E-state index contributed by atoms with van der Waals surface area (Å²) in [6, 6.07) is 3.63. The van der Waals surface area contributed by atoms with E-state index in [1.807, 2.05) is 6.07 Å². The van der Waals surface area contributed by atoms with Gasteiger partial charge in [0.05, 0.1) is 12.8 Å². The van der Waals surface area contributed by atoms with Gasteiger partial charge >= 0.3 is 5.97 Å². The molecule has 0 aromatic carbocycles. The molecule has 0 aliphatic heterocycles. The molecule has 13 heavy (non-hydrogen) atoms. The van der Waals surface area contributed by atoms with Gasteiger partial charge in [-0.25, -0.2) is 4.79 Å². The summed E-state index contributed by atoms with van der Waals surface area (Å²) < 4.78 is 5.09. The highest BCUT2D eigenvalue weighted by Crippen LogP contribution is 2.03. The monoisotopic (exact) mass is 181 g/mol. The van der Waals surface area contributed by atoms with Crippen LogP contribution in [0.15, 0.2) is 35.1 Å². The van der Waals surface area contributed by atoms with Crippen molar-refractivity contribution in [3.8, 4) is 0 Å². The fraction of sp³-hybridized carbons (Fsp3) is 0.222. The molecule has 0 fully saturated rings. The maximum Gasteiger partial charge on any atom is 0.329 e. The third-order valence-corrected chi connectivity index (χ3v) is 1.46. The highest BCUT2D eigenvalue weighted by atomic mass is 16.4. The molecule has 1 heterocycles. The minimum Gasteiger partial charge on any atom is -0.478 e. The predicted molar refractivity (Wildman–Crippen MR) is 47.0 cm³/mol. The third kappa shape index (κ3) is 3.46. The number of hydrogen-bond acceptors (Lipinski definition) is 3. The largest absolute Gasteiger partial charge is 0.478 e. The Hall–Kier alpha value is -1.71. The van der Waals surface area contributed by atoms with E-state index in [0.717, 1.165) is 11.8 Å². The second kappa shape index (κ2) is 4.35. The third-order valence-electron chi connectivity index (χ3n) is 1.46. The molecular formula is C9H11NO3. The van der Waals surface area contributed by atoms with Gasteiger partial charge in [-0.3, -0.25) is 0 Å². The van der Waals surface area contributed by atoms with E-state index in [-0.39, 0.29) is 0 Å². The van der Waals surface area contributed by atoms with Crippen LogP contribution in [0.1, 0.15) is 5.76 Å². The Balaban J connectivity index is 2.42. The molecule has 70 valence electrons. The number of carbonyl (C=O) groups is 1. The number of carboxylic acid groups (broad SMARTS) is 1. The van der Waals surface area contributed by atoms with Gasteiger partial charge in [0, 0.05) is 19.3 Å². The molecule has 1 rings (SSSR count). The van der Waals surface area contributed by atoms with Crippen molar-refractivity contribution in [3.05, 3.63) is 36.4 Å². The van der Waals surface area contributed by atoms with Gasteiger partial charge in [-0.05, 0) is 12.1 Å². The van der Waals surface area contributed by atoms with Gasteiger partial charge in [-0.2, -0.15) is 0 Å². The highest BCUT2D eigenvalue weighted by Gasteiger charge is 1.97. The van der Waals surface area contributed by atoms with Gasteiger partial charge in [-0.1, -0.05) is 0 Å². The van der Waals surface area contributed by atoms with E-state index >= 15 is 0 Å². The first-order valence-corrected chi connectivity index (χ1v) is 3.82. The molecule has 1 N–H and O–H groups in total. The fourth-order valence-corrected chi connectivity index (χ4v) is 0.892. The number of rotatable bonds is 4. The van der Waals surface area contributed by atoms with E-state index in [1.165, 1.54) is 6.20 Å². The fourth-order valence-electron chi connectivity index (χ4n) is 0.892. The molecule has 4 nitrogen and oxygen atoms in total. The van der Waals surface area contributed by atoms with Crippen LogP contribution >= 0.6 is 0 Å². The zero-order chi connectivity index (χ0) is 9.68. The molecule has 0 amide bonds. The van der Waals surface area contributed by atoms with E-state index in [9.17, 15) is 4.79 Å². The van der Waals surface area contributed by atoms with Crippen molar-refractivity contribution < 1.29 is 14.3 Å². The maximum absolute atomic E-state index is 10.2. The van der Waals surface area contributed by atoms with Crippen molar-refractivity contribution in [3.63, 3.8) is 0 Å². The van der Waals surface area contributed by atoms with Crippen molar-refractivity contribution >= 4 is 5.97 Å². The number of nitrogens with zero attached hydrogens (tertiary/aromatic N) is 1. The molecule has 4 heteroatoms. The van der Waals surface area contributed by atoms with Crippen molar-refractivity contribution in [2.45, 2.75) is 6.54 Å². The maximum atomic E-state index is 10.2. The number of hydrogen-bond donors (Lipinski definition) is 1. The Bertz CT molecular complexity index is 290. The Kier molecular flexibility index (Phi) is 3.14. The lowest BCUT2D eigenvalue weighted by atomic mass is 10.4. The molecule has 0 spiro atoms. The van der Waals surface area contributed by atoms with E-state index in [2.05, 4.69) is 0 Å².